The smallest absolute Gasteiger partial charge is 0.257 e. The molecule has 32 heavy (non-hydrogen) atoms. The Morgan fingerprint density at radius 2 is 2.03 bits per heavy atom. The number of benzene rings is 2. The molecule has 3 aliphatic heterocycles. The van der Waals surface area contributed by atoms with E-state index in [1.165, 1.54) is 11.1 Å². The van der Waals surface area contributed by atoms with Crippen LogP contribution in [-0.4, -0.2) is 78.9 Å². The van der Waals surface area contributed by atoms with Crippen LogP contribution in [0.3, 0.4) is 0 Å². The lowest BCUT2D eigenvalue weighted by atomic mass is 10.00. The Bertz CT molecular complexity index is 960. The molecule has 0 aromatic heterocycles. The summed E-state index contributed by atoms with van der Waals surface area (Å²) < 4.78 is 11.9. The van der Waals surface area contributed by atoms with E-state index in [4.69, 9.17) is 9.47 Å². The standard InChI is InChI=1S/C25H31N3O4/c29-20(16-27-10-8-18-3-1-2-4-19(18)15-27)17-28-11-12-31-24-13-21(5-6-23(24)25(28)30)32-22-7-9-26-14-22/h1-6,13,20,22,26,29H,7-12,14-17H2/t20?,22-/m1/s1. The Labute approximate surface area is 188 Å². The van der Waals surface area contributed by atoms with Gasteiger partial charge in [-0.3, -0.25) is 9.69 Å². The van der Waals surface area contributed by atoms with Gasteiger partial charge < -0.3 is 24.8 Å². The van der Waals surface area contributed by atoms with Crippen molar-refractivity contribution < 1.29 is 19.4 Å². The van der Waals surface area contributed by atoms with Gasteiger partial charge in [0, 0.05) is 38.8 Å². The van der Waals surface area contributed by atoms with Crippen LogP contribution in [0, 0.1) is 0 Å². The molecular weight excluding hydrogens is 406 g/mol. The van der Waals surface area contributed by atoms with Crippen molar-refractivity contribution in [3.63, 3.8) is 0 Å². The first-order valence-electron chi connectivity index (χ1n) is 11.6. The van der Waals surface area contributed by atoms with Crippen LogP contribution in [0.2, 0.25) is 0 Å². The number of ether oxygens (including phenoxy) is 2. The largest absolute Gasteiger partial charge is 0.491 e. The number of hydrogen-bond acceptors (Lipinski definition) is 6. The highest BCUT2D eigenvalue weighted by molar-refractivity contribution is 5.97. The van der Waals surface area contributed by atoms with Crippen molar-refractivity contribution >= 4 is 5.91 Å². The fourth-order valence-electron chi connectivity index (χ4n) is 4.83. The van der Waals surface area contributed by atoms with E-state index in [9.17, 15) is 9.90 Å². The van der Waals surface area contributed by atoms with Crippen LogP contribution in [0.1, 0.15) is 27.9 Å². The first kappa shape index (κ1) is 21.2. The first-order valence-corrected chi connectivity index (χ1v) is 11.6. The average Bonchev–Trinajstić information content (AvgIpc) is 3.26. The van der Waals surface area contributed by atoms with Gasteiger partial charge in [-0.15, -0.1) is 0 Å². The molecule has 0 spiro atoms. The lowest BCUT2D eigenvalue weighted by molar-refractivity contribution is 0.0501. The molecule has 7 nitrogen and oxygen atoms in total. The molecule has 5 rings (SSSR count). The summed E-state index contributed by atoms with van der Waals surface area (Å²) in [6.07, 6.45) is 1.52. The van der Waals surface area contributed by atoms with Crippen molar-refractivity contribution in [3.05, 3.63) is 59.2 Å². The Morgan fingerprint density at radius 1 is 1.16 bits per heavy atom. The van der Waals surface area contributed by atoms with Crippen LogP contribution in [-0.2, 0) is 13.0 Å². The van der Waals surface area contributed by atoms with Gasteiger partial charge in [-0.2, -0.15) is 0 Å². The van der Waals surface area contributed by atoms with Crippen molar-refractivity contribution in [3.8, 4) is 11.5 Å². The van der Waals surface area contributed by atoms with Crippen molar-refractivity contribution in [1.29, 1.82) is 0 Å². The van der Waals surface area contributed by atoms with Gasteiger partial charge in [-0.1, -0.05) is 24.3 Å². The maximum atomic E-state index is 13.2. The predicted molar refractivity (Wildman–Crippen MR) is 121 cm³/mol. The molecule has 0 radical (unpaired) electrons. The lowest BCUT2D eigenvalue weighted by Crippen LogP contribution is -2.44. The highest BCUT2D eigenvalue weighted by atomic mass is 16.5. The van der Waals surface area contributed by atoms with Gasteiger partial charge in [0.15, 0.2) is 0 Å². The summed E-state index contributed by atoms with van der Waals surface area (Å²) in [6, 6.07) is 13.9. The quantitative estimate of drug-likeness (QED) is 0.717. The summed E-state index contributed by atoms with van der Waals surface area (Å²) in [5, 5.41) is 14.0. The van der Waals surface area contributed by atoms with Crippen LogP contribution in [0.5, 0.6) is 11.5 Å². The van der Waals surface area contributed by atoms with Gasteiger partial charge in [-0.05, 0) is 42.6 Å². The van der Waals surface area contributed by atoms with Crippen LogP contribution in [0.25, 0.3) is 0 Å². The maximum Gasteiger partial charge on any atom is 0.257 e. The van der Waals surface area contributed by atoms with E-state index in [-0.39, 0.29) is 12.0 Å². The van der Waals surface area contributed by atoms with E-state index < -0.39 is 6.10 Å². The van der Waals surface area contributed by atoms with Crippen LogP contribution < -0.4 is 14.8 Å². The third-order valence-corrected chi connectivity index (χ3v) is 6.52. The van der Waals surface area contributed by atoms with Gasteiger partial charge in [0.1, 0.15) is 24.2 Å². The second kappa shape index (κ2) is 9.48. The topological polar surface area (TPSA) is 74.3 Å². The summed E-state index contributed by atoms with van der Waals surface area (Å²) in [5.74, 6) is 1.18. The van der Waals surface area contributed by atoms with E-state index in [1.54, 1.807) is 11.0 Å². The Morgan fingerprint density at radius 3 is 2.88 bits per heavy atom. The lowest BCUT2D eigenvalue weighted by Gasteiger charge is -2.32. The van der Waals surface area contributed by atoms with Gasteiger partial charge in [0.25, 0.3) is 5.91 Å². The summed E-state index contributed by atoms with van der Waals surface area (Å²) in [6.45, 7) is 5.27. The van der Waals surface area contributed by atoms with Gasteiger partial charge >= 0.3 is 0 Å². The molecule has 3 aliphatic rings. The third-order valence-electron chi connectivity index (χ3n) is 6.52. The molecule has 170 valence electrons. The maximum absolute atomic E-state index is 13.2. The molecule has 2 aromatic carbocycles. The molecule has 2 aromatic rings. The number of aliphatic hydroxyl groups is 1. The number of β-amino-alcohol motifs (C(OH)–C–C–N with tert-alkyl or cyclic N) is 1. The molecule has 1 saturated heterocycles. The van der Waals surface area contributed by atoms with Crippen molar-refractivity contribution in [2.24, 2.45) is 0 Å². The van der Waals surface area contributed by atoms with Crippen molar-refractivity contribution in [2.75, 3.05) is 45.9 Å². The predicted octanol–water partition coefficient (Wildman–Crippen LogP) is 1.68. The molecule has 0 saturated carbocycles. The minimum absolute atomic E-state index is 0.102. The second-order valence-corrected chi connectivity index (χ2v) is 8.90. The normalized spacial score (nSPS) is 22.0. The zero-order valence-electron chi connectivity index (χ0n) is 18.3. The SMILES string of the molecule is O=C1c2ccc(O[C@@H]3CCNC3)cc2OCCN1CC(O)CN1CCc2ccccc2C1. The second-order valence-electron chi connectivity index (χ2n) is 8.90. The van der Waals surface area contributed by atoms with E-state index >= 15 is 0 Å². The monoisotopic (exact) mass is 437 g/mol. The Balaban J connectivity index is 1.20. The minimum atomic E-state index is -0.608. The Hall–Kier alpha value is -2.61. The number of rotatable bonds is 6. The van der Waals surface area contributed by atoms with E-state index in [0.717, 1.165) is 44.8 Å². The number of hydrogen-bond donors (Lipinski definition) is 2. The van der Waals surface area contributed by atoms with E-state index in [0.29, 0.717) is 37.6 Å². The van der Waals surface area contributed by atoms with Crippen LogP contribution >= 0.6 is 0 Å². The molecule has 1 unspecified atom stereocenters. The number of amides is 1. The number of carbonyl (C=O) groups is 1. The summed E-state index contributed by atoms with van der Waals surface area (Å²) in [7, 11) is 0. The van der Waals surface area contributed by atoms with Crippen LogP contribution in [0.15, 0.2) is 42.5 Å². The molecule has 1 fully saturated rings. The molecule has 1 amide bonds. The molecule has 0 bridgehead atoms. The number of carbonyl (C=O) groups excluding carboxylic acids is 1. The van der Waals surface area contributed by atoms with E-state index in [1.807, 2.05) is 12.1 Å². The highest BCUT2D eigenvalue weighted by Gasteiger charge is 2.27. The zero-order chi connectivity index (χ0) is 21.9. The summed E-state index contributed by atoms with van der Waals surface area (Å²) in [4.78, 5) is 17.1. The molecule has 7 heteroatoms. The van der Waals surface area contributed by atoms with Crippen LogP contribution in [0.4, 0.5) is 0 Å². The fraction of sp³-hybridized carbons (Fsp3) is 0.480. The number of aliphatic hydroxyl groups excluding tert-OH is 1. The number of nitrogens with zero attached hydrogens (tertiary/aromatic N) is 2. The number of fused-ring (bicyclic) bond motifs is 2. The average molecular weight is 438 g/mol. The molecule has 2 N–H and O–H groups in total. The van der Waals surface area contributed by atoms with Gasteiger partial charge in [-0.25, -0.2) is 0 Å². The zero-order valence-corrected chi connectivity index (χ0v) is 18.3. The third kappa shape index (κ3) is 4.75. The molecule has 3 heterocycles. The molecular formula is C25H31N3O4. The van der Waals surface area contributed by atoms with Gasteiger partial charge in [0.05, 0.1) is 18.2 Å². The number of nitrogens with one attached hydrogen (secondary N) is 1. The van der Waals surface area contributed by atoms with Gasteiger partial charge in [0.2, 0.25) is 0 Å². The summed E-state index contributed by atoms with van der Waals surface area (Å²) >= 11 is 0. The summed E-state index contributed by atoms with van der Waals surface area (Å²) in [5.41, 5.74) is 3.24. The minimum Gasteiger partial charge on any atom is -0.491 e. The fourth-order valence-corrected chi connectivity index (χ4v) is 4.83. The molecule has 2 atom stereocenters. The van der Waals surface area contributed by atoms with E-state index in [2.05, 4.69) is 34.5 Å². The Kier molecular flexibility index (Phi) is 6.30. The van der Waals surface area contributed by atoms with Crippen molar-refractivity contribution in [2.45, 2.75) is 31.6 Å². The highest BCUT2D eigenvalue weighted by Crippen LogP contribution is 2.29. The first-order chi connectivity index (χ1) is 15.7. The molecule has 0 aliphatic carbocycles. The van der Waals surface area contributed by atoms with Crippen molar-refractivity contribution in [1.82, 2.24) is 15.1 Å².